The number of hydrogen-bond acceptors (Lipinski definition) is 2. The van der Waals surface area contributed by atoms with E-state index in [0.29, 0.717) is 11.3 Å². The molecule has 0 heterocycles. The number of halogens is 1. The molecule has 3 N–H and O–H groups in total. The highest BCUT2D eigenvalue weighted by Gasteiger charge is 2.03. The Labute approximate surface area is 93.9 Å². The number of nitrogens with two attached hydrogens (primary N) is 1. The molecular formula is C13H13FN2. The Morgan fingerprint density at radius 2 is 1.88 bits per heavy atom. The molecule has 0 aromatic heterocycles. The molecule has 0 saturated carbocycles. The molecule has 0 unspecified atom stereocenters. The van der Waals surface area contributed by atoms with Crippen LogP contribution < -0.4 is 11.1 Å². The normalized spacial score (nSPS) is 10.1. The van der Waals surface area contributed by atoms with E-state index in [1.54, 1.807) is 13.0 Å². The van der Waals surface area contributed by atoms with E-state index in [1.165, 1.54) is 6.07 Å². The van der Waals surface area contributed by atoms with E-state index in [0.717, 1.165) is 11.4 Å². The summed E-state index contributed by atoms with van der Waals surface area (Å²) in [5.74, 6) is -0.214. The molecule has 2 nitrogen and oxygen atoms in total. The van der Waals surface area contributed by atoms with Crippen LogP contribution in [0.2, 0.25) is 0 Å². The Hall–Kier alpha value is -2.03. The number of benzene rings is 2. The third-order valence-corrected chi connectivity index (χ3v) is 2.43. The van der Waals surface area contributed by atoms with Gasteiger partial charge in [0.1, 0.15) is 5.82 Å². The smallest absolute Gasteiger partial charge is 0.128 e. The second kappa shape index (κ2) is 4.23. The van der Waals surface area contributed by atoms with Crippen LogP contribution in [-0.4, -0.2) is 0 Å². The van der Waals surface area contributed by atoms with Gasteiger partial charge >= 0.3 is 0 Å². The summed E-state index contributed by atoms with van der Waals surface area (Å²) in [4.78, 5) is 0. The Morgan fingerprint density at radius 3 is 2.62 bits per heavy atom. The Bertz CT molecular complexity index is 509. The van der Waals surface area contributed by atoms with Crippen LogP contribution in [-0.2, 0) is 0 Å². The zero-order valence-electron chi connectivity index (χ0n) is 9.00. The van der Waals surface area contributed by atoms with Gasteiger partial charge in [-0.25, -0.2) is 4.39 Å². The molecule has 0 bridgehead atoms. The summed E-state index contributed by atoms with van der Waals surface area (Å²) < 4.78 is 13.3. The van der Waals surface area contributed by atoms with Gasteiger partial charge in [0.15, 0.2) is 0 Å². The minimum absolute atomic E-state index is 0.214. The Morgan fingerprint density at radius 1 is 1.12 bits per heavy atom. The standard InChI is InChI=1S/C13H13FN2/c1-9-12(14)6-3-7-13(9)16-11-5-2-4-10(15)8-11/h2-8,16H,15H2,1H3. The van der Waals surface area contributed by atoms with Gasteiger partial charge in [0.05, 0.1) is 0 Å². The molecule has 0 radical (unpaired) electrons. The lowest BCUT2D eigenvalue weighted by atomic mass is 10.2. The Balaban J connectivity index is 2.31. The number of anilines is 3. The van der Waals surface area contributed by atoms with Crippen molar-refractivity contribution in [2.75, 3.05) is 11.1 Å². The molecule has 2 aromatic rings. The van der Waals surface area contributed by atoms with Crippen molar-refractivity contribution in [3.8, 4) is 0 Å². The molecule has 82 valence electrons. The van der Waals surface area contributed by atoms with Gasteiger partial charge < -0.3 is 11.1 Å². The van der Waals surface area contributed by atoms with Crippen molar-refractivity contribution in [2.45, 2.75) is 6.92 Å². The molecule has 0 atom stereocenters. The summed E-state index contributed by atoms with van der Waals surface area (Å²) >= 11 is 0. The molecule has 0 saturated heterocycles. The molecule has 0 fully saturated rings. The van der Waals surface area contributed by atoms with Crippen LogP contribution in [0.1, 0.15) is 5.56 Å². The maximum Gasteiger partial charge on any atom is 0.128 e. The third kappa shape index (κ3) is 2.14. The SMILES string of the molecule is Cc1c(F)cccc1Nc1cccc(N)c1. The van der Waals surface area contributed by atoms with E-state index in [-0.39, 0.29) is 5.82 Å². The summed E-state index contributed by atoms with van der Waals surface area (Å²) in [6.45, 7) is 1.74. The second-order valence-electron chi connectivity index (χ2n) is 3.66. The second-order valence-corrected chi connectivity index (χ2v) is 3.66. The topological polar surface area (TPSA) is 38.0 Å². The van der Waals surface area contributed by atoms with E-state index in [2.05, 4.69) is 5.32 Å². The van der Waals surface area contributed by atoms with Crippen LogP contribution in [0.15, 0.2) is 42.5 Å². The minimum Gasteiger partial charge on any atom is -0.399 e. The molecule has 2 rings (SSSR count). The fraction of sp³-hybridized carbons (Fsp3) is 0.0769. The van der Waals surface area contributed by atoms with Crippen molar-refractivity contribution in [1.29, 1.82) is 0 Å². The highest BCUT2D eigenvalue weighted by molar-refractivity contribution is 5.65. The van der Waals surface area contributed by atoms with Gasteiger partial charge in [-0.15, -0.1) is 0 Å². The molecule has 0 amide bonds. The predicted molar refractivity (Wildman–Crippen MR) is 65.3 cm³/mol. The molecule has 0 aliphatic carbocycles. The van der Waals surface area contributed by atoms with Crippen LogP contribution in [0, 0.1) is 12.7 Å². The highest BCUT2D eigenvalue weighted by Crippen LogP contribution is 2.23. The number of nitrogen functional groups attached to an aromatic ring is 1. The van der Waals surface area contributed by atoms with Crippen molar-refractivity contribution < 1.29 is 4.39 Å². The summed E-state index contributed by atoms with van der Waals surface area (Å²) in [5.41, 5.74) is 8.56. The highest BCUT2D eigenvalue weighted by atomic mass is 19.1. The average Bonchev–Trinajstić information content (AvgIpc) is 2.25. The third-order valence-electron chi connectivity index (χ3n) is 2.43. The van der Waals surface area contributed by atoms with Crippen LogP contribution in [0.5, 0.6) is 0 Å². The zero-order valence-corrected chi connectivity index (χ0v) is 9.00. The van der Waals surface area contributed by atoms with E-state index < -0.39 is 0 Å². The van der Waals surface area contributed by atoms with Gasteiger partial charge in [0, 0.05) is 22.6 Å². The van der Waals surface area contributed by atoms with Gasteiger partial charge in [-0.2, -0.15) is 0 Å². The van der Waals surface area contributed by atoms with Crippen molar-refractivity contribution in [2.24, 2.45) is 0 Å². The zero-order chi connectivity index (χ0) is 11.5. The molecule has 0 aliphatic heterocycles. The van der Waals surface area contributed by atoms with E-state index in [1.807, 2.05) is 30.3 Å². The molecular weight excluding hydrogens is 203 g/mol. The molecule has 0 spiro atoms. The fourth-order valence-corrected chi connectivity index (χ4v) is 1.51. The van der Waals surface area contributed by atoms with Crippen molar-refractivity contribution >= 4 is 17.1 Å². The van der Waals surface area contributed by atoms with Crippen LogP contribution in [0.3, 0.4) is 0 Å². The van der Waals surface area contributed by atoms with Crippen LogP contribution in [0.25, 0.3) is 0 Å². The van der Waals surface area contributed by atoms with Crippen molar-refractivity contribution in [3.05, 3.63) is 53.8 Å². The van der Waals surface area contributed by atoms with Crippen molar-refractivity contribution in [3.63, 3.8) is 0 Å². The average molecular weight is 216 g/mol. The van der Waals surface area contributed by atoms with E-state index in [4.69, 9.17) is 5.73 Å². The monoisotopic (exact) mass is 216 g/mol. The van der Waals surface area contributed by atoms with Gasteiger partial charge in [-0.05, 0) is 37.3 Å². The fourth-order valence-electron chi connectivity index (χ4n) is 1.51. The first-order chi connectivity index (χ1) is 7.66. The lowest BCUT2D eigenvalue weighted by Crippen LogP contribution is -1.95. The molecule has 3 heteroatoms. The maximum absolute atomic E-state index is 13.3. The summed E-state index contributed by atoms with van der Waals surface area (Å²) in [7, 11) is 0. The molecule has 16 heavy (non-hydrogen) atoms. The first-order valence-electron chi connectivity index (χ1n) is 5.04. The Kier molecular flexibility index (Phi) is 2.77. The number of hydrogen-bond donors (Lipinski definition) is 2. The van der Waals surface area contributed by atoms with Crippen molar-refractivity contribution in [1.82, 2.24) is 0 Å². The van der Waals surface area contributed by atoms with Gasteiger partial charge in [0.2, 0.25) is 0 Å². The van der Waals surface area contributed by atoms with Gasteiger partial charge in [-0.1, -0.05) is 12.1 Å². The van der Waals surface area contributed by atoms with E-state index in [9.17, 15) is 4.39 Å². The minimum atomic E-state index is -0.214. The van der Waals surface area contributed by atoms with Crippen LogP contribution >= 0.6 is 0 Å². The maximum atomic E-state index is 13.3. The largest absolute Gasteiger partial charge is 0.399 e. The van der Waals surface area contributed by atoms with Crippen LogP contribution in [0.4, 0.5) is 21.5 Å². The lowest BCUT2D eigenvalue weighted by molar-refractivity contribution is 0.619. The molecule has 0 aliphatic rings. The molecule has 2 aromatic carbocycles. The lowest BCUT2D eigenvalue weighted by Gasteiger charge is -2.10. The van der Waals surface area contributed by atoms with Gasteiger partial charge in [-0.3, -0.25) is 0 Å². The summed E-state index contributed by atoms with van der Waals surface area (Å²) in [6, 6.07) is 12.3. The summed E-state index contributed by atoms with van der Waals surface area (Å²) in [5, 5.41) is 3.13. The summed E-state index contributed by atoms with van der Waals surface area (Å²) in [6.07, 6.45) is 0. The quantitative estimate of drug-likeness (QED) is 0.754. The van der Waals surface area contributed by atoms with E-state index >= 15 is 0 Å². The number of rotatable bonds is 2. The first-order valence-corrected chi connectivity index (χ1v) is 5.04. The predicted octanol–water partition coefficient (Wildman–Crippen LogP) is 3.46. The number of nitrogens with one attached hydrogen (secondary N) is 1. The van der Waals surface area contributed by atoms with Gasteiger partial charge in [0.25, 0.3) is 0 Å². The first kappa shape index (κ1) is 10.5.